The van der Waals surface area contributed by atoms with Gasteiger partial charge in [-0.25, -0.2) is 0 Å². The molecule has 2 heterocycles. The molecule has 0 spiro atoms. The van der Waals surface area contributed by atoms with E-state index in [9.17, 15) is 14.7 Å². The summed E-state index contributed by atoms with van der Waals surface area (Å²) in [4.78, 5) is 27.8. The Kier molecular flexibility index (Phi) is 6.58. The summed E-state index contributed by atoms with van der Waals surface area (Å²) in [6.45, 7) is 7.60. The van der Waals surface area contributed by atoms with E-state index in [1.165, 1.54) is 0 Å². The van der Waals surface area contributed by atoms with Crippen molar-refractivity contribution in [2.45, 2.75) is 58.6 Å². The van der Waals surface area contributed by atoms with Crippen LogP contribution < -0.4 is 5.56 Å². The van der Waals surface area contributed by atoms with Crippen LogP contribution in [0.2, 0.25) is 0 Å². The van der Waals surface area contributed by atoms with Crippen molar-refractivity contribution in [3.8, 4) is 0 Å². The number of piperidine rings is 1. The van der Waals surface area contributed by atoms with Crippen LogP contribution in [0.3, 0.4) is 0 Å². The number of amides is 1. The standard InChI is InChI=1S/C24H32N2O3/c1-18(2)9-13-25-14-10-19(3)21(22(25)27)23(28)26-15-11-24(29,12-16-26)17-20-7-5-4-6-8-20/h4-8,10,14,18,29H,9,11-13,15-17H2,1-3H3. The van der Waals surface area contributed by atoms with Gasteiger partial charge in [-0.2, -0.15) is 0 Å². The number of hydrogen-bond acceptors (Lipinski definition) is 3. The first-order valence-electron chi connectivity index (χ1n) is 10.5. The molecule has 1 amide bonds. The Labute approximate surface area is 173 Å². The van der Waals surface area contributed by atoms with Gasteiger partial charge in [-0.1, -0.05) is 44.2 Å². The van der Waals surface area contributed by atoms with E-state index in [0.717, 1.165) is 12.0 Å². The van der Waals surface area contributed by atoms with Crippen molar-refractivity contribution >= 4 is 5.91 Å². The predicted octanol–water partition coefficient (Wildman–Crippen LogP) is 3.41. The Morgan fingerprint density at radius 2 is 1.79 bits per heavy atom. The van der Waals surface area contributed by atoms with Gasteiger partial charge in [0.15, 0.2) is 0 Å². The molecule has 5 nitrogen and oxygen atoms in total. The number of nitrogens with zero attached hydrogens (tertiary/aromatic N) is 2. The predicted molar refractivity (Wildman–Crippen MR) is 115 cm³/mol. The monoisotopic (exact) mass is 396 g/mol. The summed E-state index contributed by atoms with van der Waals surface area (Å²) < 4.78 is 1.65. The van der Waals surface area contributed by atoms with Crippen molar-refractivity contribution in [3.63, 3.8) is 0 Å². The quantitative estimate of drug-likeness (QED) is 0.814. The summed E-state index contributed by atoms with van der Waals surface area (Å²) in [6.07, 6.45) is 4.29. The zero-order valence-electron chi connectivity index (χ0n) is 17.7. The molecule has 1 aliphatic heterocycles. The molecule has 0 saturated carbocycles. The largest absolute Gasteiger partial charge is 0.389 e. The summed E-state index contributed by atoms with van der Waals surface area (Å²) in [5.41, 5.74) is 1.07. The maximum atomic E-state index is 13.1. The Hall–Kier alpha value is -2.40. The lowest BCUT2D eigenvalue weighted by atomic mass is 9.85. The number of hydrogen-bond donors (Lipinski definition) is 1. The number of aliphatic hydroxyl groups is 1. The first-order chi connectivity index (χ1) is 13.8. The fourth-order valence-electron chi connectivity index (χ4n) is 3.94. The van der Waals surface area contributed by atoms with Gasteiger partial charge in [0.05, 0.1) is 5.60 Å². The van der Waals surface area contributed by atoms with Crippen LogP contribution in [0.15, 0.2) is 47.4 Å². The maximum Gasteiger partial charge on any atom is 0.263 e. The van der Waals surface area contributed by atoms with E-state index in [1.807, 2.05) is 43.3 Å². The van der Waals surface area contributed by atoms with Crippen molar-refractivity contribution in [2.24, 2.45) is 5.92 Å². The molecule has 1 fully saturated rings. The molecule has 156 valence electrons. The highest BCUT2D eigenvalue weighted by atomic mass is 16.3. The SMILES string of the molecule is Cc1ccn(CCC(C)C)c(=O)c1C(=O)N1CCC(O)(Cc2ccccc2)CC1. The zero-order valence-corrected chi connectivity index (χ0v) is 17.7. The first-order valence-corrected chi connectivity index (χ1v) is 10.5. The minimum atomic E-state index is -0.804. The second-order valence-corrected chi connectivity index (χ2v) is 8.73. The highest BCUT2D eigenvalue weighted by Gasteiger charge is 2.35. The van der Waals surface area contributed by atoms with E-state index in [0.29, 0.717) is 50.4 Å². The third-order valence-corrected chi connectivity index (χ3v) is 5.89. The van der Waals surface area contributed by atoms with Crippen LogP contribution in [-0.4, -0.2) is 39.2 Å². The second kappa shape index (κ2) is 8.95. The molecule has 2 aromatic rings. The molecule has 5 heteroatoms. The number of benzene rings is 1. The van der Waals surface area contributed by atoms with Crippen molar-refractivity contribution in [2.75, 3.05) is 13.1 Å². The molecule has 1 aromatic heterocycles. The first kappa shape index (κ1) is 21.3. The molecule has 1 aliphatic rings. The summed E-state index contributed by atoms with van der Waals surface area (Å²) in [7, 11) is 0. The van der Waals surface area contributed by atoms with Gasteiger partial charge in [0, 0.05) is 32.3 Å². The van der Waals surface area contributed by atoms with Gasteiger partial charge in [-0.15, -0.1) is 0 Å². The van der Waals surface area contributed by atoms with Gasteiger partial charge in [0.2, 0.25) is 0 Å². The summed E-state index contributed by atoms with van der Waals surface area (Å²) in [6, 6.07) is 11.8. The summed E-state index contributed by atoms with van der Waals surface area (Å²) >= 11 is 0. The molecule has 0 bridgehead atoms. The molecule has 0 unspecified atom stereocenters. The summed E-state index contributed by atoms with van der Waals surface area (Å²) in [5, 5.41) is 11.0. The molecule has 0 radical (unpaired) electrons. The fraction of sp³-hybridized carbons (Fsp3) is 0.500. The molecule has 0 aliphatic carbocycles. The van der Waals surface area contributed by atoms with Gasteiger partial charge in [0.1, 0.15) is 5.56 Å². The number of carbonyl (C=O) groups excluding carboxylic acids is 1. The number of likely N-dealkylation sites (tertiary alicyclic amines) is 1. The topological polar surface area (TPSA) is 62.5 Å². The molecule has 3 rings (SSSR count). The van der Waals surface area contributed by atoms with Crippen molar-refractivity contribution in [3.05, 3.63) is 69.6 Å². The van der Waals surface area contributed by atoms with E-state index in [-0.39, 0.29) is 17.0 Å². The fourth-order valence-corrected chi connectivity index (χ4v) is 3.94. The average molecular weight is 397 g/mol. The minimum absolute atomic E-state index is 0.208. The van der Waals surface area contributed by atoms with E-state index >= 15 is 0 Å². The molecular formula is C24H32N2O3. The van der Waals surface area contributed by atoms with E-state index in [4.69, 9.17) is 0 Å². The van der Waals surface area contributed by atoms with Crippen LogP contribution in [0.25, 0.3) is 0 Å². The molecule has 1 aromatic carbocycles. The summed E-state index contributed by atoms with van der Waals surface area (Å²) in [5.74, 6) is 0.278. The minimum Gasteiger partial charge on any atom is -0.389 e. The van der Waals surface area contributed by atoms with Crippen molar-refractivity contribution < 1.29 is 9.90 Å². The van der Waals surface area contributed by atoms with Gasteiger partial charge in [0.25, 0.3) is 11.5 Å². The van der Waals surface area contributed by atoms with Gasteiger partial charge in [-0.3, -0.25) is 9.59 Å². The Morgan fingerprint density at radius 3 is 2.41 bits per heavy atom. The van der Waals surface area contributed by atoms with Gasteiger partial charge in [-0.05, 0) is 49.3 Å². The smallest absolute Gasteiger partial charge is 0.263 e. The van der Waals surface area contributed by atoms with E-state index in [1.54, 1.807) is 15.7 Å². The third-order valence-electron chi connectivity index (χ3n) is 5.89. The Morgan fingerprint density at radius 1 is 1.14 bits per heavy atom. The van der Waals surface area contributed by atoms with Crippen LogP contribution in [0, 0.1) is 12.8 Å². The maximum absolute atomic E-state index is 13.1. The normalized spacial score (nSPS) is 16.2. The van der Waals surface area contributed by atoms with E-state index in [2.05, 4.69) is 13.8 Å². The third kappa shape index (κ3) is 5.15. The highest BCUT2D eigenvalue weighted by molar-refractivity contribution is 5.95. The highest BCUT2D eigenvalue weighted by Crippen LogP contribution is 2.27. The zero-order chi connectivity index (χ0) is 21.0. The van der Waals surface area contributed by atoms with Crippen LogP contribution in [0.5, 0.6) is 0 Å². The van der Waals surface area contributed by atoms with Crippen LogP contribution in [0.4, 0.5) is 0 Å². The average Bonchev–Trinajstić information content (AvgIpc) is 2.68. The number of rotatable bonds is 6. The van der Waals surface area contributed by atoms with Crippen LogP contribution in [0.1, 0.15) is 54.6 Å². The Bertz CT molecular complexity index is 894. The number of pyridine rings is 1. The molecule has 29 heavy (non-hydrogen) atoms. The van der Waals surface area contributed by atoms with Crippen LogP contribution in [-0.2, 0) is 13.0 Å². The lowest BCUT2D eigenvalue weighted by Crippen LogP contribution is -2.49. The molecule has 1 saturated heterocycles. The van der Waals surface area contributed by atoms with Gasteiger partial charge < -0.3 is 14.6 Å². The molecular weight excluding hydrogens is 364 g/mol. The molecule has 1 N–H and O–H groups in total. The van der Waals surface area contributed by atoms with E-state index < -0.39 is 5.60 Å². The van der Waals surface area contributed by atoms with Crippen molar-refractivity contribution in [1.82, 2.24) is 9.47 Å². The Balaban J connectivity index is 1.70. The number of aryl methyl sites for hydroxylation is 2. The van der Waals surface area contributed by atoms with Gasteiger partial charge >= 0.3 is 0 Å². The molecule has 0 atom stereocenters. The second-order valence-electron chi connectivity index (χ2n) is 8.73. The van der Waals surface area contributed by atoms with Crippen LogP contribution >= 0.6 is 0 Å². The van der Waals surface area contributed by atoms with Crippen molar-refractivity contribution in [1.29, 1.82) is 0 Å². The number of carbonyl (C=O) groups is 1. The lowest BCUT2D eigenvalue weighted by Gasteiger charge is -2.38. The number of aromatic nitrogens is 1. The lowest BCUT2D eigenvalue weighted by molar-refractivity contribution is -0.0163.